The summed E-state index contributed by atoms with van der Waals surface area (Å²) in [6, 6.07) is 8.62. The van der Waals surface area contributed by atoms with Crippen LogP contribution in [0, 0.1) is 0 Å². The fourth-order valence-corrected chi connectivity index (χ4v) is 2.24. The Morgan fingerprint density at radius 1 is 1.32 bits per heavy atom. The van der Waals surface area contributed by atoms with E-state index in [1.165, 1.54) is 11.1 Å². The van der Waals surface area contributed by atoms with Crippen LogP contribution in [0.2, 0.25) is 0 Å². The van der Waals surface area contributed by atoms with Gasteiger partial charge in [0.25, 0.3) is 0 Å². The monoisotopic (exact) mass is 261 g/mol. The number of fused-ring (bicyclic) bond motifs is 1. The van der Waals surface area contributed by atoms with Gasteiger partial charge in [-0.05, 0) is 17.5 Å². The fraction of sp³-hybridized carbons (Fsp3) is 0.400. The van der Waals surface area contributed by atoms with Gasteiger partial charge in [0.2, 0.25) is 0 Å². The Balaban J connectivity index is 1.71. The molecule has 19 heavy (non-hydrogen) atoms. The molecule has 2 rings (SSSR count). The highest BCUT2D eigenvalue weighted by molar-refractivity contribution is 5.65. The van der Waals surface area contributed by atoms with Crippen molar-refractivity contribution in [2.24, 2.45) is 0 Å². The molecule has 0 unspecified atom stereocenters. The summed E-state index contributed by atoms with van der Waals surface area (Å²) in [5.41, 5.74) is 6.16. The summed E-state index contributed by atoms with van der Waals surface area (Å²) in [7, 11) is 0. The number of ether oxygens (including phenoxy) is 1. The quantitative estimate of drug-likeness (QED) is 0.595. The Morgan fingerprint density at radius 2 is 2.11 bits per heavy atom. The molecule has 1 amide bonds. The maximum absolute atomic E-state index is 10.6. The van der Waals surface area contributed by atoms with E-state index in [0.717, 1.165) is 26.1 Å². The van der Waals surface area contributed by atoms with Crippen molar-refractivity contribution in [2.45, 2.75) is 13.0 Å². The van der Waals surface area contributed by atoms with E-state index in [9.17, 15) is 4.79 Å². The van der Waals surface area contributed by atoms with Gasteiger partial charge >= 0.3 is 5.91 Å². The van der Waals surface area contributed by atoms with E-state index in [1.54, 1.807) is 0 Å². The highest BCUT2D eigenvalue weighted by atomic mass is 16.5. The predicted molar refractivity (Wildman–Crippen MR) is 73.3 cm³/mol. The summed E-state index contributed by atoms with van der Waals surface area (Å²) < 4.78 is 5.12. The number of hydrogen-bond donors (Lipinski definition) is 1. The number of quaternary nitrogens is 1. The number of nitrogens with zero attached hydrogens (tertiary/aromatic N) is 1. The molecule has 4 heteroatoms. The van der Waals surface area contributed by atoms with Gasteiger partial charge in [0, 0.05) is 19.6 Å². The van der Waals surface area contributed by atoms with Gasteiger partial charge < -0.3 is 4.74 Å². The molecule has 1 aromatic rings. The van der Waals surface area contributed by atoms with Crippen LogP contribution in [0.1, 0.15) is 11.1 Å². The van der Waals surface area contributed by atoms with Gasteiger partial charge in [0.1, 0.15) is 0 Å². The third-order valence-electron chi connectivity index (χ3n) is 3.22. The summed E-state index contributed by atoms with van der Waals surface area (Å²) in [5, 5.41) is 0. The number of carbonyl (C=O) groups excluding carboxylic acids is 1. The molecule has 0 spiro atoms. The second kappa shape index (κ2) is 7.19. The minimum absolute atomic E-state index is 0.0986. The first kappa shape index (κ1) is 13.9. The Morgan fingerprint density at radius 3 is 2.89 bits per heavy atom. The van der Waals surface area contributed by atoms with Crippen molar-refractivity contribution in [3.05, 3.63) is 47.5 Å². The fourth-order valence-electron chi connectivity index (χ4n) is 2.24. The van der Waals surface area contributed by atoms with E-state index in [0.29, 0.717) is 6.61 Å². The highest BCUT2D eigenvalue weighted by Gasteiger charge is 2.13. The smallest absolute Gasteiger partial charge is 0.334 e. The molecular formula is C15H21N2O2+. The van der Waals surface area contributed by atoms with Crippen LogP contribution in [0.5, 0.6) is 0 Å². The molecule has 0 atom stereocenters. The van der Waals surface area contributed by atoms with Crippen molar-refractivity contribution in [2.75, 3.05) is 26.3 Å². The molecule has 102 valence electrons. The van der Waals surface area contributed by atoms with Crippen molar-refractivity contribution < 1.29 is 15.3 Å². The molecule has 3 N–H and O–H groups in total. The zero-order valence-electron chi connectivity index (χ0n) is 11.2. The van der Waals surface area contributed by atoms with Crippen molar-refractivity contribution in [1.82, 2.24) is 4.90 Å². The third kappa shape index (κ3) is 4.59. The average Bonchev–Trinajstić information content (AvgIpc) is 2.42. The van der Waals surface area contributed by atoms with Crippen LogP contribution in [0.25, 0.3) is 0 Å². The molecule has 1 aliphatic rings. The average molecular weight is 261 g/mol. The first-order chi connectivity index (χ1) is 9.25. The summed E-state index contributed by atoms with van der Waals surface area (Å²) in [6.45, 7) is 3.61. The van der Waals surface area contributed by atoms with E-state index in [-0.39, 0.29) is 12.5 Å². The molecule has 0 radical (unpaired) electrons. The lowest BCUT2D eigenvalue weighted by Gasteiger charge is -2.27. The molecule has 0 saturated carbocycles. The highest BCUT2D eigenvalue weighted by Crippen LogP contribution is 2.17. The first-order valence-electron chi connectivity index (χ1n) is 6.62. The number of amides is 1. The molecule has 4 nitrogen and oxygen atoms in total. The lowest BCUT2D eigenvalue weighted by Crippen LogP contribution is -2.59. The molecule has 1 heterocycles. The third-order valence-corrected chi connectivity index (χ3v) is 3.22. The van der Waals surface area contributed by atoms with Crippen LogP contribution in [0.4, 0.5) is 0 Å². The van der Waals surface area contributed by atoms with E-state index in [4.69, 9.17) is 4.74 Å². The topological polar surface area (TPSA) is 57.2 Å². The van der Waals surface area contributed by atoms with Gasteiger partial charge in [-0.2, -0.15) is 0 Å². The molecule has 0 aliphatic carbocycles. The molecule has 0 bridgehead atoms. The van der Waals surface area contributed by atoms with Crippen molar-refractivity contribution in [3.63, 3.8) is 0 Å². The molecule has 0 aromatic heterocycles. The van der Waals surface area contributed by atoms with Crippen molar-refractivity contribution in [1.29, 1.82) is 0 Å². The van der Waals surface area contributed by atoms with E-state index in [2.05, 4.69) is 41.0 Å². The molecule has 1 aromatic carbocycles. The minimum Gasteiger partial charge on any atom is -0.363 e. The second-order valence-corrected chi connectivity index (χ2v) is 4.78. The minimum atomic E-state index is -0.180. The summed E-state index contributed by atoms with van der Waals surface area (Å²) in [6.07, 6.45) is 5.18. The zero-order valence-corrected chi connectivity index (χ0v) is 11.2. The Bertz CT molecular complexity index is 457. The van der Waals surface area contributed by atoms with Crippen LogP contribution in [0.3, 0.4) is 0 Å². The number of benzene rings is 1. The maximum Gasteiger partial charge on any atom is 0.334 e. The Labute approximate surface area is 113 Å². The lowest BCUT2D eigenvalue weighted by molar-refractivity contribution is -0.309. The van der Waals surface area contributed by atoms with Crippen molar-refractivity contribution >= 4 is 5.91 Å². The summed E-state index contributed by atoms with van der Waals surface area (Å²) >= 11 is 0. The van der Waals surface area contributed by atoms with Gasteiger partial charge in [-0.1, -0.05) is 36.4 Å². The van der Waals surface area contributed by atoms with Gasteiger partial charge in [0.15, 0.2) is 6.61 Å². The Kier molecular flexibility index (Phi) is 5.27. The predicted octanol–water partition coefficient (Wildman–Crippen LogP) is 0.386. The maximum atomic E-state index is 10.6. The lowest BCUT2D eigenvalue weighted by atomic mass is 10.00. The van der Waals surface area contributed by atoms with Gasteiger partial charge in [-0.3, -0.25) is 10.6 Å². The van der Waals surface area contributed by atoms with Crippen LogP contribution in [-0.2, 0) is 22.5 Å². The summed E-state index contributed by atoms with van der Waals surface area (Å²) in [5.74, 6) is -0.180. The van der Waals surface area contributed by atoms with E-state index >= 15 is 0 Å². The van der Waals surface area contributed by atoms with Crippen LogP contribution < -0.4 is 5.73 Å². The normalized spacial score (nSPS) is 15.6. The largest absolute Gasteiger partial charge is 0.363 e. The molecule has 1 aliphatic heterocycles. The van der Waals surface area contributed by atoms with E-state index < -0.39 is 0 Å². The molecular weight excluding hydrogens is 240 g/mol. The van der Waals surface area contributed by atoms with Crippen molar-refractivity contribution in [3.8, 4) is 0 Å². The number of rotatable bonds is 6. The molecule has 0 saturated heterocycles. The standard InChI is InChI=1S/C15H20N2O2/c16-15(18)12-19-10-4-3-8-17-9-7-13-5-1-2-6-14(13)11-17/h1-6H,7-12H2,(H2,16,18)/p+1/b4-3+. The van der Waals surface area contributed by atoms with E-state index in [1.807, 2.05) is 6.08 Å². The molecule has 0 fully saturated rings. The van der Waals surface area contributed by atoms with Crippen LogP contribution in [-0.4, -0.2) is 37.1 Å². The van der Waals surface area contributed by atoms with Crippen LogP contribution >= 0.6 is 0 Å². The Hall–Kier alpha value is -1.49. The first-order valence-corrected chi connectivity index (χ1v) is 6.62. The number of hydrogen-bond acceptors (Lipinski definition) is 3. The number of carbonyl (C=O) groups is 1. The van der Waals surface area contributed by atoms with Gasteiger partial charge in [-0.25, -0.2) is 4.79 Å². The SMILES string of the molecule is [NH3+]C(=O)COC/C=C/CN1CCc2ccccc2C1. The second-order valence-electron chi connectivity index (χ2n) is 4.78. The summed E-state index contributed by atoms with van der Waals surface area (Å²) in [4.78, 5) is 13.0. The van der Waals surface area contributed by atoms with Gasteiger partial charge in [0.05, 0.1) is 6.61 Å². The van der Waals surface area contributed by atoms with Crippen LogP contribution in [0.15, 0.2) is 36.4 Å². The van der Waals surface area contributed by atoms with Gasteiger partial charge in [-0.15, -0.1) is 0 Å². The zero-order chi connectivity index (χ0) is 13.5.